The molecule has 0 spiro atoms. The van der Waals surface area contributed by atoms with Crippen LogP contribution in [0.2, 0.25) is 0 Å². The predicted molar refractivity (Wildman–Crippen MR) is 56.2 cm³/mol. The largest absolute Gasteiger partial charge is 0.370 e. The van der Waals surface area contributed by atoms with Crippen molar-refractivity contribution < 1.29 is 4.39 Å². The molecule has 1 aliphatic rings. The Kier molecular flexibility index (Phi) is 2.42. The summed E-state index contributed by atoms with van der Waals surface area (Å²) < 4.78 is 13.5. The molecular weight excluding hydrogens is 179 g/mol. The molecule has 1 N–H and O–H groups in total. The highest BCUT2D eigenvalue weighted by Crippen LogP contribution is 2.28. The molecule has 1 atom stereocenters. The monoisotopic (exact) mass is 194 g/mol. The summed E-state index contributed by atoms with van der Waals surface area (Å²) >= 11 is 0. The minimum absolute atomic E-state index is 0.112. The van der Waals surface area contributed by atoms with Crippen LogP contribution in [-0.4, -0.2) is 26.7 Å². The normalized spacial score (nSPS) is 20.8. The molecule has 1 aliphatic heterocycles. The number of likely N-dealkylation sites (N-methyl/N-ethyl adjacent to an activating group) is 2. The minimum atomic E-state index is -0.112. The molecule has 1 unspecified atom stereocenters. The maximum absolute atomic E-state index is 13.5. The Labute approximate surface area is 83.7 Å². The standard InChI is InChI=1S/C11H15FN2/c1-13-9-6-8-4-3-5-10(12)11(8)14(2)7-9/h3-5,9,13H,6-7H2,1-2H3. The van der Waals surface area contributed by atoms with Gasteiger partial charge >= 0.3 is 0 Å². The van der Waals surface area contributed by atoms with Crippen molar-refractivity contribution >= 4 is 5.69 Å². The summed E-state index contributed by atoms with van der Waals surface area (Å²) in [4.78, 5) is 1.98. The van der Waals surface area contributed by atoms with E-state index in [-0.39, 0.29) is 5.82 Å². The van der Waals surface area contributed by atoms with Gasteiger partial charge in [0, 0.05) is 19.6 Å². The van der Waals surface area contributed by atoms with Gasteiger partial charge in [0.15, 0.2) is 0 Å². The highest BCUT2D eigenvalue weighted by molar-refractivity contribution is 5.56. The molecule has 0 fully saturated rings. The Morgan fingerprint density at radius 2 is 2.29 bits per heavy atom. The summed E-state index contributed by atoms with van der Waals surface area (Å²) in [5.74, 6) is -0.112. The van der Waals surface area contributed by atoms with Gasteiger partial charge in [-0.15, -0.1) is 0 Å². The van der Waals surface area contributed by atoms with Crippen LogP contribution in [0.25, 0.3) is 0 Å². The highest BCUT2D eigenvalue weighted by atomic mass is 19.1. The van der Waals surface area contributed by atoms with Gasteiger partial charge in [0.1, 0.15) is 5.82 Å². The van der Waals surface area contributed by atoms with Crippen LogP contribution in [0, 0.1) is 5.82 Å². The fourth-order valence-corrected chi connectivity index (χ4v) is 2.10. The SMILES string of the molecule is CNC1Cc2cccc(F)c2N(C)C1. The van der Waals surface area contributed by atoms with Gasteiger partial charge < -0.3 is 10.2 Å². The van der Waals surface area contributed by atoms with Gasteiger partial charge in [-0.2, -0.15) is 0 Å². The summed E-state index contributed by atoms with van der Waals surface area (Å²) in [6.45, 7) is 0.866. The third-order valence-electron chi connectivity index (χ3n) is 2.82. The number of rotatable bonds is 1. The summed E-state index contributed by atoms with van der Waals surface area (Å²) in [6, 6.07) is 5.72. The minimum Gasteiger partial charge on any atom is -0.370 e. The van der Waals surface area contributed by atoms with E-state index in [1.165, 1.54) is 6.07 Å². The lowest BCUT2D eigenvalue weighted by Crippen LogP contribution is -2.43. The summed E-state index contributed by atoms with van der Waals surface area (Å²) in [5, 5.41) is 3.23. The van der Waals surface area contributed by atoms with Gasteiger partial charge in [0.05, 0.1) is 5.69 Å². The number of halogens is 1. The van der Waals surface area contributed by atoms with Crippen LogP contribution in [0.4, 0.5) is 10.1 Å². The van der Waals surface area contributed by atoms with Crippen LogP contribution in [0.15, 0.2) is 18.2 Å². The van der Waals surface area contributed by atoms with E-state index in [0.29, 0.717) is 6.04 Å². The number of anilines is 1. The summed E-state index contributed by atoms with van der Waals surface area (Å²) in [6.07, 6.45) is 0.911. The van der Waals surface area contributed by atoms with E-state index in [4.69, 9.17) is 0 Å². The number of nitrogens with zero attached hydrogens (tertiary/aromatic N) is 1. The average molecular weight is 194 g/mol. The molecule has 2 nitrogen and oxygen atoms in total. The number of hydrogen-bond donors (Lipinski definition) is 1. The second-order valence-corrected chi connectivity index (χ2v) is 3.82. The van der Waals surface area contributed by atoms with Crippen LogP contribution in [0.1, 0.15) is 5.56 Å². The van der Waals surface area contributed by atoms with Crippen LogP contribution in [0.3, 0.4) is 0 Å². The molecule has 76 valence electrons. The molecule has 3 heteroatoms. The van der Waals surface area contributed by atoms with Crippen molar-refractivity contribution in [3.63, 3.8) is 0 Å². The zero-order valence-corrected chi connectivity index (χ0v) is 8.55. The Bertz CT molecular complexity index is 338. The second-order valence-electron chi connectivity index (χ2n) is 3.82. The van der Waals surface area contributed by atoms with Crippen LogP contribution in [-0.2, 0) is 6.42 Å². The van der Waals surface area contributed by atoms with E-state index < -0.39 is 0 Å². The van der Waals surface area contributed by atoms with Crippen molar-refractivity contribution in [2.75, 3.05) is 25.5 Å². The number of benzene rings is 1. The first-order chi connectivity index (χ1) is 6.72. The lowest BCUT2D eigenvalue weighted by Gasteiger charge is -2.33. The Morgan fingerprint density at radius 1 is 1.50 bits per heavy atom. The Morgan fingerprint density at radius 3 is 3.00 bits per heavy atom. The van der Waals surface area contributed by atoms with Gasteiger partial charge in [-0.3, -0.25) is 0 Å². The zero-order valence-electron chi connectivity index (χ0n) is 8.55. The lowest BCUT2D eigenvalue weighted by molar-refractivity contribution is 0.523. The van der Waals surface area contributed by atoms with Crippen molar-refractivity contribution in [3.8, 4) is 0 Å². The molecule has 0 saturated carbocycles. The van der Waals surface area contributed by atoms with Crippen molar-refractivity contribution in [3.05, 3.63) is 29.6 Å². The molecule has 2 rings (SSSR count). The van der Waals surface area contributed by atoms with E-state index in [9.17, 15) is 4.39 Å². The van der Waals surface area contributed by atoms with Gasteiger partial charge in [0.25, 0.3) is 0 Å². The Balaban J connectivity index is 2.39. The molecule has 0 aromatic heterocycles. The van der Waals surface area contributed by atoms with Gasteiger partial charge in [-0.1, -0.05) is 12.1 Å². The topological polar surface area (TPSA) is 15.3 Å². The average Bonchev–Trinajstić information content (AvgIpc) is 2.17. The Hall–Kier alpha value is -1.09. The predicted octanol–water partition coefficient (Wildman–Crippen LogP) is 1.41. The zero-order chi connectivity index (χ0) is 10.1. The van der Waals surface area contributed by atoms with E-state index in [1.807, 2.05) is 25.1 Å². The first-order valence-electron chi connectivity index (χ1n) is 4.88. The quantitative estimate of drug-likeness (QED) is 0.727. The molecule has 0 amide bonds. The molecule has 14 heavy (non-hydrogen) atoms. The molecule has 1 heterocycles. The van der Waals surface area contributed by atoms with Crippen LogP contribution in [0.5, 0.6) is 0 Å². The molecular formula is C11H15FN2. The summed E-state index contributed by atoms with van der Waals surface area (Å²) in [5.41, 5.74) is 1.86. The fraction of sp³-hybridized carbons (Fsp3) is 0.455. The van der Waals surface area contributed by atoms with Crippen LogP contribution < -0.4 is 10.2 Å². The molecule has 0 saturated heterocycles. The lowest BCUT2D eigenvalue weighted by atomic mass is 9.98. The number of para-hydroxylation sites is 1. The van der Waals surface area contributed by atoms with Crippen molar-refractivity contribution in [1.82, 2.24) is 5.32 Å². The maximum Gasteiger partial charge on any atom is 0.146 e. The first kappa shape index (κ1) is 9.46. The molecule has 0 radical (unpaired) electrons. The highest BCUT2D eigenvalue weighted by Gasteiger charge is 2.23. The van der Waals surface area contributed by atoms with Gasteiger partial charge in [-0.25, -0.2) is 4.39 Å². The van der Waals surface area contributed by atoms with E-state index in [1.54, 1.807) is 6.07 Å². The second kappa shape index (κ2) is 3.58. The smallest absolute Gasteiger partial charge is 0.146 e. The number of nitrogens with one attached hydrogen (secondary N) is 1. The van der Waals surface area contributed by atoms with Crippen molar-refractivity contribution in [2.24, 2.45) is 0 Å². The van der Waals surface area contributed by atoms with E-state index in [2.05, 4.69) is 5.32 Å². The fourth-order valence-electron chi connectivity index (χ4n) is 2.10. The van der Waals surface area contributed by atoms with E-state index in [0.717, 1.165) is 24.2 Å². The summed E-state index contributed by atoms with van der Waals surface area (Å²) in [7, 11) is 3.88. The number of fused-ring (bicyclic) bond motifs is 1. The van der Waals surface area contributed by atoms with Gasteiger partial charge in [0.2, 0.25) is 0 Å². The molecule has 1 aromatic rings. The molecule has 1 aromatic carbocycles. The van der Waals surface area contributed by atoms with Gasteiger partial charge in [-0.05, 0) is 25.1 Å². The third-order valence-corrected chi connectivity index (χ3v) is 2.82. The maximum atomic E-state index is 13.5. The van der Waals surface area contributed by atoms with Crippen molar-refractivity contribution in [1.29, 1.82) is 0 Å². The van der Waals surface area contributed by atoms with E-state index >= 15 is 0 Å². The first-order valence-corrected chi connectivity index (χ1v) is 4.88. The number of hydrogen-bond acceptors (Lipinski definition) is 2. The third kappa shape index (κ3) is 1.48. The molecule has 0 bridgehead atoms. The van der Waals surface area contributed by atoms with Crippen molar-refractivity contribution in [2.45, 2.75) is 12.5 Å². The van der Waals surface area contributed by atoms with Crippen LogP contribution >= 0.6 is 0 Å². The molecule has 0 aliphatic carbocycles.